The number of hydrogen-bond acceptors (Lipinski definition) is 7. The minimum atomic E-state index is -0.367. The number of fused-ring (bicyclic) bond motifs is 3. The summed E-state index contributed by atoms with van der Waals surface area (Å²) in [5, 5.41) is 4.42. The number of esters is 1. The number of aromatic nitrogens is 1. The molecular weight excluding hydrogens is 514 g/mol. The maximum absolute atomic E-state index is 13.5. The van der Waals surface area contributed by atoms with Crippen molar-refractivity contribution in [1.29, 1.82) is 0 Å². The van der Waals surface area contributed by atoms with Gasteiger partial charge in [0.05, 0.1) is 17.9 Å². The monoisotopic (exact) mass is 545 g/mol. The Labute approximate surface area is 230 Å². The number of benzene rings is 1. The molecule has 0 fully saturated rings. The van der Waals surface area contributed by atoms with E-state index in [4.69, 9.17) is 15.5 Å². The second-order valence-corrected chi connectivity index (χ2v) is 12.2. The van der Waals surface area contributed by atoms with Crippen LogP contribution in [0.1, 0.15) is 85.8 Å². The van der Waals surface area contributed by atoms with Crippen molar-refractivity contribution < 1.29 is 14.3 Å². The highest BCUT2D eigenvalue weighted by Crippen LogP contribution is 2.41. The molecule has 1 aromatic carbocycles. The zero-order valence-electron chi connectivity index (χ0n) is 21.5. The molecule has 3 N–H and O–H groups in total. The van der Waals surface area contributed by atoms with Gasteiger partial charge in [-0.25, -0.2) is 9.78 Å². The van der Waals surface area contributed by atoms with Crippen molar-refractivity contribution in [3.63, 3.8) is 0 Å². The number of nitrogens with one attached hydrogen (secondary N) is 1. The molecular formula is C30H31N3O3S2. The number of anilines is 2. The van der Waals surface area contributed by atoms with Crippen LogP contribution in [0.3, 0.4) is 0 Å². The molecule has 6 nitrogen and oxygen atoms in total. The number of rotatable bonds is 5. The fraction of sp³-hybridized carbons (Fsp3) is 0.367. The number of carbonyl (C=O) groups is 2. The van der Waals surface area contributed by atoms with Crippen LogP contribution in [0.25, 0.3) is 10.2 Å². The van der Waals surface area contributed by atoms with Crippen molar-refractivity contribution in [3.8, 4) is 0 Å². The number of amides is 1. The van der Waals surface area contributed by atoms with Crippen molar-refractivity contribution in [2.75, 3.05) is 17.7 Å². The summed E-state index contributed by atoms with van der Waals surface area (Å²) in [7, 11) is 0. The highest BCUT2D eigenvalue weighted by molar-refractivity contribution is 7.21. The van der Waals surface area contributed by atoms with E-state index in [9.17, 15) is 9.59 Å². The first kappa shape index (κ1) is 25.1. The van der Waals surface area contributed by atoms with E-state index in [0.717, 1.165) is 72.8 Å². The summed E-state index contributed by atoms with van der Waals surface area (Å²) in [6.07, 6.45) is 7.92. The summed E-state index contributed by atoms with van der Waals surface area (Å²) in [6, 6.07) is 12.7. The first-order valence-electron chi connectivity index (χ1n) is 13.4. The van der Waals surface area contributed by atoms with Crippen molar-refractivity contribution in [1.82, 2.24) is 4.98 Å². The van der Waals surface area contributed by atoms with Gasteiger partial charge in [-0.15, -0.1) is 22.7 Å². The topological polar surface area (TPSA) is 94.3 Å². The van der Waals surface area contributed by atoms with Crippen LogP contribution in [0.4, 0.5) is 10.7 Å². The Morgan fingerprint density at radius 3 is 2.74 bits per heavy atom. The molecule has 1 amide bonds. The van der Waals surface area contributed by atoms with E-state index in [-0.39, 0.29) is 11.9 Å². The highest BCUT2D eigenvalue weighted by atomic mass is 32.1. The number of thiophene rings is 2. The number of aryl methyl sites for hydroxylation is 2. The maximum atomic E-state index is 13.5. The van der Waals surface area contributed by atoms with E-state index in [1.54, 1.807) is 6.92 Å². The average molecular weight is 546 g/mol. The zero-order valence-corrected chi connectivity index (χ0v) is 23.1. The Bertz CT molecular complexity index is 1520. The van der Waals surface area contributed by atoms with Gasteiger partial charge >= 0.3 is 5.97 Å². The van der Waals surface area contributed by atoms with Crippen LogP contribution < -0.4 is 11.1 Å². The summed E-state index contributed by atoms with van der Waals surface area (Å²) in [4.78, 5) is 33.8. The fourth-order valence-corrected chi connectivity index (χ4v) is 8.04. The third-order valence-corrected chi connectivity index (χ3v) is 10.0. The number of ether oxygens (including phenoxy) is 1. The molecule has 0 aliphatic heterocycles. The number of nitrogens with two attached hydrogens (primary N) is 1. The number of nitrogen functional groups attached to an aromatic ring is 1. The summed E-state index contributed by atoms with van der Waals surface area (Å²) in [6.45, 7) is 2.09. The second kappa shape index (κ2) is 10.5. The summed E-state index contributed by atoms with van der Waals surface area (Å²) < 4.78 is 5.37. The van der Waals surface area contributed by atoms with E-state index in [1.807, 2.05) is 6.07 Å². The fourth-order valence-electron chi connectivity index (χ4n) is 5.78. The van der Waals surface area contributed by atoms with Crippen molar-refractivity contribution >= 4 is 55.5 Å². The van der Waals surface area contributed by atoms with E-state index in [2.05, 4.69) is 35.6 Å². The van der Waals surface area contributed by atoms with Crippen LogP contribution >= 0.6 is 22.7 Å². The molecule has 0 radical (unpaired) electrons. The van der Waals surface area contributed by atoms with Crippen LogP contribution in [-0.4, -0.2) is 23.5 Å². The first-order valence-corrected chi connectivity index (χ1v) is 15.1. The highest BCUT2D eigenvalue weighted by Gasteiger charge is 2.29. The van der Waals surface area contributed by atoms with E-state index in [0.29, 0.717) is 33.7 Å². The van der Waals surface area contributed by atoms with Crippen molar-refractivity contribution in [3.05, 3.63) is 74.1 Å². The van der Waals surface area contributed by atoms with Gasteiger partial charge in [0.2, 0.25) is 0 Å². The van der Waals surface area contributed by atoms with E-state index < -0.39 is 0 Å². The molecule has 196 valence electrons. The van der Waals surface area contributed by atoms with Gasteiger partial charge in [-0.05, 0) is 80.5 Å². The molecule has 0 bridgehead atoms. The number of hydrogen-bond donors (Lipinski definition) is 2. The van der Waals surface area contributed by atoms with Gasteiger partial charge in [0.15, 0.2) is 0 Å². The predicted octanol–water partition coefficient (Wildman–Crippen LogP) is 6.91. The lowest BCUT2D eigenvalue weighted by molar-refractivity contribution is 0.0527. The Kier molecular flexibility index (Phi) is 6.93. The Morgan fingerprint density at radius 1 is 1.11 bits per heavy atom. The van der Waals surface area contributed by atoms with Gasteiger partial charge < -0.3 is 15.8 Å². The van der Waals surface area contributed by atoms with Crippen LogP contribution in [0.15, 0.2) is 36.4 Å². The lowest BCUT2D eigenvalue weighted by Crippen LogP contribution is -2.15. The molecule has 1 unspecified atom stereocenters. The number of pyridine rings is 1. The number of carbonyl (C=O) groups excluding carboxylic acids is 2. The van der Waals surface area contributed by atoms with Crippen molar-refractivity contribution in [2.24, 2.45) is 0 Å². The van der Waals surface area contributed by atoms with Gasteiger partial charge in [-0.2, -0.15) is 0 Å². The maximum Gasteiger partial charge on any atom is 0.341 e. The summed E-state index contributed by atoms with van der Waals surface area (Å²) in [5.41, 5.74) is 12.2. The minimum absolute atomic E-state index is 0.293. The van der Waals surface area contributed by atoms with Crippen LogP contribution in [0.2, 0.25) is 0 Å². The van der Waals surface area contributed by atoms with Crippen LogP contribution in [-0.2, 0) is 30.4 Å². The Balaban J connectivity index is 1.31. The minimum Gasteiger partial charge on any atom is -0.462 e. The molecule has 0 saturated carbocycles. The molecule has 6 rings (SSSR count). The molecule has 3 aromatic heterocycles. The van der Waals surface area contributed by atoms with Gasteiger partial charge in [-0.3, -0.25) is 4.79 Å². The zero-order chi connectivity index (χ0) is 26.2. The third kappa shape index (κ3) is 4.60. The summed E-state index contributed by atoms with van der Waals surface area (Å²) >= 11 is 2.82. The van der Waals surface area contributed by atoms with Crippen LogP contribution in [0.5, 0.6) is 0 Å². The van der Waals surface area contributed by atoms with Crippen LogP contribution in [0, 0.1) is 0 Å². The molecule has 4 aromatic rings. The van der Waals surface area contributed by atoms with Crippen molar-refractivity contribution in [2.45, 2.75) is 64.2 Å². The lowest BCUT2D eigenvalue weighted by atomic mass is 9.82. The predicted molar refractivity (Wildman–Crippen MR) is 155 cm³/mol. The summed E-state index contributed by atoms with van der Waals surface area (Å²) in [5.74, 6) is -0.206. The largest absolute Gasteiger partial charge is 0.462 e. The SMILES string of the molecule is CCOC(=O)c1c(NC(=O)c2sc3nc4c(cc3c2N)CC(c2ccccc2)CC4)sc2c1CCCCC2. The van der Waals surface area contributed by atoms with Gasteiger partial charge in [0.25, 0.3) is 5.91 Å². The first-order chi connectivity index (χ1) is 18.5. The molecule has 1 atom stereocenters. The Hall–Kier alpha value is -3.23. The number of nitrogens with zero attached hydrogens (tertiary/aromatic N) is 1. The molecule has 2 aliphatic rings. The smallest absolute Gasteiger partial charge is 0.341 e. The van der Waals surface area contributed by atoms with Gasteiger partial charge in [-0.1, -0.05) is 36.8 Å². The molecule has 3 heterocycles. The normalized spacial score (nSPS) is 16.9. The van der Waals surface area contributed by atoms with Gasteiger partial charge in [0.1, 0.15) is 14.7 Å². The average Bonchev–Trinajstić information content (AvgIpc) is 3.33. The molecule has 8 heteroatoms. The lowest BCUT2D eigenvalue weighted by Gasteiger charge is -2.24. The Morgan fingerprint density at radius 2 is 1.92 bits per heavy atom. The van der Waals surface area contributed by atoms with E-state index in [1.165, 1.54) is 38.7 Å². The molecule has 0 saturated heterocycles. The third-order valence-electron chi connectivity index (χ3n) is 7.69. The van der Waals surface area contributed by atoms with E-state index >= 15 is 0 Å². The molecule has 2 aliphatic carbocycles. The molecule has 0 spiro atoms. The standard InChI is InChI=1S/C30H31N3O3S2/c1-2-36-30(35)24-20-11-7-4-8-12-23(20)37-29(24)33-27(34)26-25(31)21-16-19-15-18(17-9-5-3-6-10-17)13-14-22(19)32-28(21)38-26/h3,5-6,9-10,16,18H,2,4,7-8,11-15,31H2,1H3,(H,33,34). The quantitative estimate of drug-likeness (QED) is 0.210. The van der Waals surface area contributed by atoms with Gasteiger partial charge in [0, 0.05) is 16.0 Å². The molecule has 38 heavy (non-hydrogen) atoms. The second-order valence-electron chi connectivity index (χ2n) is 10.1.